The molecular weight excluding hydrogens is 388 g/mol. The Kier molecular flexibility index (Phi) is 6.71. The molecule has 1 atom stereocenters. The summed E-state index contributed by atoms with van der Waals surface area (Å²) in [5.74, 6) is 0.601. The molecular formula is C22H26N2O4S. The van der Waals surface area contributed by atoms with E-state index in [0.717, 1.165) is 16.9 Å². The van der Waals surface area contributed by atoms with Crippen LogP contribution in [0.5, 0.6) is 5.75 Å². The maximum absolute atomic E-state index is 12.5. The highest BCUT2D eigenvalue weighted by Gasteiger charge is 2.22. The molecule has 1 aliphatic rings. The summed E-state index contributed by atoms with van der Waals surface area (Å²) in [5, 5.41) is 3.00. The van der Waals surface area contributed by atoms with Gasteiger partial charge < -0.3 is 10.1 Å². The van der Waals surface area contributed by atoms with Crippen molar-refractivity contribution in [2.24, 2.45) is 0 Å². The minimum Gasteiger partial charge on any atom is -0.493 e. The fourth-order valence-corrected chi connectivity index (χ4v) is 4.81. The lowest BCUT2D eigenvalue weighted by atomic mass is 10.0. The molecule has 3 rings (SSSR count). The fraction of sp³-hybridized carbons (Fsp3) is 0.318. The van der Waals surface area contributed by atoms with Gasteiger partial charge in [-0.3, -0.25) is 4.79 Å². The molecule has 1 unspecified atom stereocenters. The Balaban J connectivity index is 1.66. The summed E-state index contributed by atoms with van der Waals surface area (Å²) in [4.78, 5) is 12.6. The molecule has 0 aromatic heterocycles. The Hall–Kier alpha value is -2.64. The topological polar surface area (TPSA) is 75.7 Å². The van der Waals surface area contributed by atoms with Gasteiger partial charge in [0.1, 0.15) is 5.75 Å². The molecule has 1 heterocycles. The van der Waals surface area contributed by atoms with E-state index in [1.807, 2.05) is 38.1 Å². The van der Waals surface area contributed by atoms with E-state index in [0.29, 0.717) is 26.1 Å². The van der Waals surface area contributed by atoms with E-state index < -0.39 is 10.0 Å². The molecule has 1 N–H and O–H groups in total. The van der Waals surface area contributed by atoms with Crippen molar-refractivity contribution >= 4 is 22.0 Å². The van der Waals surface area contributed by atoms with Gasteiger partial charge in [0.2, 0.25) is 15.9 Å². The van der Waals surface area contributed by atoms with Crippen LogP contribution >= 0.6 is 0 Å². The van der Waals surface area contributed by atoms with Crippen molar-refractivity contribution in [1.82, 2.24) is 9.62 Å². The molecule has 29 heavy (non-hydrogen) atoms. The zero-order chi connectivity index (χ0) is 20.9. The molecule has 6 nitrogen and oxygen atoms in total. The average molecular weight is 415 g/mol. The van der Waals surface area contributed by atoms with Gasteiger partial charge in [-0.2, -0.15) is 4.31 Å². The van der Waals surface area contributed by atoms with Crippen LogP contribution in [0.15, 0.2) is 59.5 Å². The predicted octanol–water partition coefficient (Wildman–Crippen LogP) is 3.37. The number of para-hydroxylation sites is 1. The van der Waals surface area contributed by atoms with E-state index in [2.05, 4.69) is 5.32 Å². The van der Waals surface area contributed by atoms with Gasteiger partial charge in [-0.1, -0.05) is 44.2 Å². The molecule has 0 fully saturated rings. The van der Waals surface area contributed by atoms with Crippen molar-refractivity contribution in [3.63, 3.8) is 0 Å². The molecule has 2 aromatic rings. The highest BCUT2D eigenvalue weighted by Crippen LogP contribution is 2.31. The minimum absolute atomic E-state index is 0.0845. The molecule has 0 saturated carbocycles. The summed E-state index contributed by atoms with van der Waals surface area (Å²) in [6.45, 7) is 5.04. The van der Waals surface area contributed by atoms with Gasteiger partial charge in [-0.15, -0.1) is 0 Å². The van der Waals surface area contributed by atoms with Crippen molar-refractivity contribution in [1.29, 1.82) is 0 Å². The van der Waals surface area contributed by atoms with Gasteiger partial charge in [-0.05, 0) is 29.8 Å². The van der Waals surface area contributed by atoms with Crippen molar-refractivity contribution in [2.75, 3.05) is 19.7 Å². The number of hydrogen-bond acceptors (Lipinski definition) is 4. The number of ether oxygens (including phenoxy) is 1. The Labute approximate surface area is 172 Å². The van der Waals surface area contributed by atoms with Crippen LogP contribution in [0.3, 0.4) is 0 Å². The van der Waals surface area contributed by atoms with Crippen LogP contribution in [0.2, 0.25) is 0 Å². The molecule has 0 saturated heterocycles. The number of carbonyl (C=O) groups excluding carboxylic acids is 1. The second kappa shape index (κ2) is 9.24. The number of rotatable bonds is 7. The van der Waals surface area contributed by atoms with Gasteiger partial charge in [-0.25, -0.2) is 8.42 Å². The molecule has 0 spiro atoms. The number of hydrogen-bond donors (Lipinski definition) is 1. The highest BCUT2D eigenvalue weighted by molar-refractivity contribution is 7.89. The van der Waals surface area contributed by atoms with E-state index in [1.165, 1.54) is 10.4 Å². The summed E-state index contributed by atoms with van der Waals surface area (Å²) in [7, 11) is -3.48. The number of carbonyl (C=O) groups is 1. The molecule has 0 bridgehead atoms. The molecule has 0 aliphatic carbocycles. The Morgan fingerprint density at radius 2 is 1.83 bits per heavy atom. The maximum Gasteiger partial charge on any atom is 0.244 e. The predicted molar refractivity (Wildman–Crippen MR) is 113 cm³/mol. The quantitative estimate of drug-likeness (QED) is 0.705. The number of nitrogens with one attached hydrogen (secondary N) is 1. The molecule has 2 aromatic carbocycles. The van der Waals surface area contributed by atoms with Crippen molar-refractivity contribution in [2.45, 2.75) is 31.2 Å². The summed E-state index contributed by atoms with van der Waals surface area (Å²) in [6.07, 6.45) is 3.86. The highest BCUT2D eigenvalue weighted by atomic mass is 32.2. The number of fused-ring (bicyclic) bond motifs is 1. The van der Waals surface area contributed by atoms with Gasteiger partial charge in [0, 0.05) is 31.1 Å². The zero-order valence-corrected chi connectivity index (χ0v) is 17.5. The number of sulfonamides is 1. The lowest BCUT2D eigenvalue weighted by Crippen LogP contribution is -2.30. The maximum atomic E-state index is 12.5. The first-order valence-electron chi connectivity index (χ1n) is 9.76. The third kappa shape index (κ3) is 4.86. The first kappa shape index (κ1) is 21.1. The van der Waals surface area contributed by atoms with Crippen LogP contribution in [-0.2, 0) is 14.8 Å². The van der Waals surface area contributed by atoms with Crippen molar-refractivity contribution in [3.05, 3.63) is 65.7 Å². The third-order valence-electron chi connectivity index (χ3n) is 4.93. The van der Waals surface area contributed by atoms with E-state index >= 15 is 0 Å². The number of nitrogens with zero attached hydrogens (tertiary/aromatic N) is 1. The minimum atomic E-state index is -3.48. The van der Waals surface area contributed by atoms with Crippen molar-refractivity contribution in [3.8, 4) is 5.75 Å². The SMILES string of the molecule is CCN(CC)S(=O)(=O)c1ccc(/C=C/C(=O)NC2CCOc3ccccc32)cc1. The number of benzene rings is 2. The van der Waals surface area contributed by atoms with E-state index in [-0.39, 0.29) is 16.8 Å². The number of amides is 1. The first-order chi connectivity index (χ1) is 14.0. The van der Waals surface area contributed by atoms with Crippen LogP contribution in [0.25, 0.3) is 6.08 Å². The largest absolute Gasteiger partial charge is 0.493 e. The lowest BCUT2D eigenvalue weighted by Gasteiger charge is -2.26. The second-order valence-corrected chi connectivity index (χ2v) is 8.67. The second-order valence-electron chi connectivity index (χ2n) is 6.73. The van der Waals surface area contributed by atoms with Gasteiger partial charge in [0.25, 0.3) is 0 Å². The Bertz CT molecular complexity index is 980. The Morgan fingerprint density at radius 1 is 1.14 bits per heavy atom. The molecule has 0 radical (unpaired) electrons. The first-order valence-corrected chi connectivity index (χ1v) is 11.2. The lowest BCUT2D eigenvalue weighted by molar-refractivity contribution is -0.117. The van der Waals surface area contributed by atoms with Gasteiger partial charge in [0.05, 0.1) is 17.5 Å². The molecule has 1 aliphatic heterocycles. The molecule has 7 heteroatoms. The summed E-state index contributed by atoms with van der Waals surface area (Å²) >= 11 is 0. The van der Waals surface area contributed by atoms with Crippen LogP contribution in [0, 0.1) is 0 Å². The monoisotopic (exact) mass is 414 g/mol. The average Bonchev–Trinajstić information content (AvgIpc) is 2.73. The van der Waals surface area contributed by atoms with Gasteiger partial charge in [0.15, 0.2) is 0 Å². The third-order valence-corrected chi connectivity index (χ3v) is 6.99. The molecule has 1 amide bonds. The van der Waals surface area contributed by atoms with E-state index in [4.69, 9.17) is 4.74 Å². The van der Waals surface area contributed by atoms with E-state index in [1.54, 1.807) is 30.3 Å². The van der Waals surface area contributed by atoms with Crippen LogP contribution in [0.1, 0.15) is 37.4 Å². The van der Waals surface area contributed by atoms with Crippen LogP contribution in [-0.4, -0.2) is 38.3 Å². The van der Waals surface area contributed by atoms with Crippen LogP contribution in [0.4, 0.5) is 0 Å². The van der Waals surface area contributed by atoms with Crippen molar-refractivity contribution < 1.29 is 17.9 Å². The summed E-state index contributed by atoms with van der Waals surface area (Å²) in [5.41, 5.74) is 1.73. The fourth-order valence-electron chi connectivity index (χ4n) is 3.35. The standard InChI is InChI=1S/C22H26N2O4S/c1-3-24(4-2)29(26,27)18-12-9-17(10-13-18)11-14-22(25)23-20-15-16-28-21-8-6-5-7-19(20)21/h5-14,20H,3-4,15-16H2,1-2H3,(H,23,25)/b14-11+. The van der Waals surface area contributed by atoms with E-state index in [9.17, 15) is 13.2 Å². The smallest absolute Gasteiger partial charge is 0.244 e. The normalized spacial score (nSPS) is 16.4. The van der Waals surface area contributed by atoms with Gasteiger partial charge >= 0.3 is 0 Å². The zero-order valence-electron chi connectivity index (χ0n) is 16.7. The van der Waals surface area contributed by atoms with Crippen LogP contribution < -0.4 is 10.1 Å². The summed E-state index contributed by atoms with van der Waals surface area (Å²) < 4.78 is 32.1. The Morgan fingerprint density at radius 3 is 2.52 bits per heavy atom. The summed E-state index contributed by atoms with van der Waals surface area (Å²) in [6, 6.07) is 14.1. The molecule has 154 valence electrons.